The maximum atomic E-state index is 13.5. The molecule has 2 heterocycles. The van der Waals surface area contributed by atoms with Gasteiger partial charge >= 0.3 is 0 Å². The molecule has 0 fully saturated rings. The average molecular weight is 434 g/mol. The zero-order valence-corrected chi connectivity index (χ0v) is 18.1. The number of benzene rings is 3. The van der Waals surface area contributed by atoms with E-state index in [2.05, 4.69) is 17.1 Å². The molecule has 3 aromatic carbocycles. The monoisotopic (exact) mass is 433 g/mol. The van der Waals surface area contributed by atoms with Crippen molar-refractivity contribution >= 4 is 17.5 Å². The van der Waals surface area contributed by atoms with Gasteiger partial charge < -0.3 is 9.80 Å². The normalized spacial score (nSPS) is 12.5. The lowest BCUT2D eigenvalue weighted by atomic mass is 10.1. The highest BCUT2D eigenvalue weighted by atomic mass is 16.2. The van der Waals surface area contributed by atoms with Crippen LogP contribution in [0.3, 0.4) is 0 Å². The third-order valence-electron chi connectivity index (χ3n) is 5.87. The van der Waals surface area contributed by atoms with Crippen LogP contribution >= 0.6 is 0 Å². The van der Waals surface area contributed by atoms with Crippen LogP contribution in [-0.2, 0) is 17.9 Å². The molecule has 5 rings (SSSR count). The van der Waals surface area contributed by atoms with Crippen LogP contribution in [0.1, 0.15) is 21.5 Å². The van der Waals surface area contributed by atoms with Crippen molar-refractivity contribution in [1.29, 1.82) is 0 Å². The number of fused-ring (bicyclic) bond motifs is 1. The van der Waals surface area contributed by atoms with Crippen molar-refractivity contribution in [3.63, 3.8) is 0 Å². The molecule has 1 aliphatic heterocycles. The molecule has 0 atom stereocenters. The number of hydrogen-bond donors (Lipinski definition) is 0. The highest BCUT2D eigenvalue weighted by Crippen LogP contribution is 2.26. The van der Waals surface area contributed by atoms with Gasteiger partial charge in [0.25, 0.3) is 5.91 Å². The zero-order chi connectivity index (χ0) is 22.6. The van der Waals surface area contributed by atoms with E-state index >= 15 is 0 Å². The van der Waals surface area contributed by atoms with Crippen molar-refractivity contribution in [2.45, 2.75) is 13.1 Å². The van der Waals surface area contributed by atoms with Gasteiger partial charge in [-0.25, -0.2) is 0 Å². The maximum Gasteiger partial charge on any atom is 0.254 e. The molecule has 4 aromatic rings. The van der Waals surface area contributed by atoms with Crippen LogP contribution in [0.15, 0.2) is 103 Å². The summed E-state index contributed by atoms with van der Waals surface area (Å²) in [5, 5.41) is 0. The van der Waals surface area contributed by atoms with Gasteiger partial charge in [-0.3, -0.25) is 14.6 Å². The van der Waals surface area contributed by atoms with E-state index in [0.29, 0.717) is 18.7 Å². The summed E-state index contributed by atoms with van der Waals surface area (Å²) in [6, 6.07) is 29.4. The first-order valence-electron chi connectivity index (χ1n) is 10.9. The summed E-state index contributed by atoms with van der Waals surface area (Å²) in [4.78, 5) is 33.8. The van der Waals surface area contributed by atoms with Crippen molar-refractivity contribution in [3.05, 3.63) is 120 Å². The number of rotatable bonds is 6. The number of amides is 2. The summed E-state index contributed by atoms with van der Waals surface area (Å²) in [7, 11) is 0. The Bertz CT molecular complexity index is 1270. The van der Waals surface area contributed by atoms with Crippen LogP contribution in [0.25, 0.3) is 11.1 Å². The predicted molar refractivity (Wildman–Crippen MR) is 128 cm³/mol. The van der Waals surface area contributed by atoms with E-state index in [4.69, 9.17) is 0 Å². The molecule has 33 heavy (non-hydrogen) atoms. The van der Waals surface area contributed by atoms with E-state index in [0.717, 1.165) is 27.9 Å². The van der Waals surface area contributed by atoms with Crippen LogP contribution in [0.5, 0.6) is 0 Å². The van der Waals surface area contributed by atoms with Gasteiger partial charge in [-0.05, 0) is 46.5 Å². The predicted octanol–water partition coefficient (Wildman–Crippen LogP) is 4.94. The number of hydrogen-bond acceptors (Lipinski definition) is 3. The summed E-state index contributed by atoms with van der Waals surface area (Å²) in [6.45, 7) is 0.856. The van der Waals surface area contributed by atoms with E-state index < -0.39 is 0 Å². The van der Waals surface area contributed by atoms with Gasteiger partial charge in [0.1, 0.15) is 6.54 Å². The largest absolute Gasteiger partial charge is 0.325 e. The van der Waals surface area contributed by atoms with Crippen LogP contribution in [0.4, 0.5) is 5.69 Å². The molecule has 0 N–H and O–H groups in total. The molecule has 2 amide bonds. The van der Waals surface area contributed by atoms with Gasteiger partial charge in [-0.1, -0.05) is 66.7 Å². The molecule has 0 unspecified atom stereocenters. The topological polar surface area (TPSA) is 53.5 Å². The summed E-state index contributed by atoms with van der Waals surface area (Å²) in [5.41, 5.74) is 5.55. The number of anilines is 1. The van der Waals surface area contributed by atoms with Crippen molar-refractivity contribution in [2.24, 2.45) is 0 Å². The molecule has 1 aliphatic rings. The minimum absolute atomic E-state index is 0.0220. The van der Waals surface area contributed by atoms with Crippen LogP contribution in [-0.4, -0.2) is 28.2 Å². The fourth-order valence-corrected chi connectivity index (χ4v) is 4.15. The van der Waals surface area contributed by atoms with Gasteiger partial charge in [0.15, 0.2) is 0 Å². The van der Waals surface area contributed by atoms with E-state index in [-0.39, 0.29) is 18.4 Å². The van der Waals surface area contributed by atoms with Crippen molar-refractivity contribution in [3.8, 4) is 11.1 Å². The minimum Gasteiger partial charge on any atom is -0.325 e. The lowest BCUT2D eigenvalue weighted by Crippen LogP contribution is -2.40. The molecule has 0 bridgehead atoms. The van der Waals surface area contributed by atoms with Crippen molar-refractivity contribution in [2.75, 3.05) is 11.4 Å². The summed E-state index contributed by atoms with van der Waals surface area (Å²) in [6.07, 6.45) is 3.47. The van der Waals surface area contributed by atoms with Gasteiger partial charge in [0, 0.05) is 30.2 Å². The third-order valence-corrected chi connectivity index (χ3v) is 5.87. The van der Waals surface area contributed by atoms with Crippen LogP contribution in [0.2, 0.25) is 0 Å². The molecular formula is C28H23N3O2. The first-order chi connectivity index (χ1) is 16.2. The second kappa shape index (κ2) is 9.09. The Labute approximate surface area is 192 Å². The van der Waals surface area contributed by atoms with E-state index in [1.54, 1.807) is 22.2 Å². The quantitative estimate of drug-likeness (QED) is 0.433. The Hall–Kier alpha value is -4.25. The summed E-state index contributed by atoms with van der Waals surface area (Å²) in [5.74, 6) is -0.229. The summed E-state index contributed by atoms with van der Waals surface area (Å²) >= 11 is 0. The second-order valence-corrected chi connectivity index (χ2v) is 8.07. The first-order valence-corrected chi connectivity index (χ1v) is 10.9. The lowest BCUT2D eigenvalue weighted by Gasteiger charge is -2.26. The van der Waals surface area contributed by atoms with E-state index in [1.165, 1.54) is 0 Å². The number of aromatic nitrogens is 1. The molecule has 5 nitrogen and oxygen atoms in total. The second-order valence-electron chi connectivity index (χ2n) is 8.07. The smallest absolute Gasteiger partial charge is 0.254 e. The maximum absolute atomic E-state index is 13.5. The number of pyridine rings is 1. The van der Waals surface area contributed by atoms with Crippen LogP contribution in [0, 0.1) is 0 Å². The number of nitrogens with zero attached hydrogens (tertiary/aromatic N) is 3. The highest BCUT2D eigenvalue weighted by molar-refractivity contribution is 6.02. The minimum atomic E-state index is -0.132. The Kier molecular flexibility index (Phi) is 5.68. The molecule has 5 heteroatoms. The fourth-order valence-electron chi connectivity index (χ4n) is 4.15. The van der Waals surface area contributed by atoms with Crippen molar-refractivity contribution in [1.82, 2.24) is 9.88 Å². The Balaban J connectivity index is 1.40. The fraction of sp³-hybridized carbons (Fsp3) is 0.107. The van der Waals surface area contributed by atoms with Gasteiger partial charge in [-0.15, -0.1) is 0 Å². The summed E-state index contributed by atoms with van der Waals surface area (Å²) < 4.78 is 0. The van der Waals surface area contributed by atoms with E-state index in [9.17, 15) is 9.59 Å². The first kappa shape index (κ1) is 20.6. The molecule has 0 saturated heterocycles. The highest BCUT2D eigenvalue weighted by Gasteiger charge is 2.30. The zero-order valence-electron chi connectivity index (χ0n) is 18.1. The number of carbonyl (C=O) groups is 2. The van der Waals surface area contributed by atoms with Gasteiger partial charge in [0.05, 0.1) is 6.54 Å². The standard InChI is InChI=1S/C28H23N3O2/c32-27(20-30-19-24-10-4-5-11-26(24)28(30)33)31(18-21-7-6-16-29-17-21)25-14-12-23(13-15-25)22-8-2-1-3-9-22/h1-17H,18-20H2. The molecule has 0 radical (unpaired) electrons. The third kappa shape index (κ3) is 4.39. The average Bonchev–Trinajstić information content (AvgIpc) is 3.19. The van der Waals surface area contributed by atoms with Crippen molar-refractivity contribution < 1.29 is 9.59 Å². The molecule has 0 aliphatic carbocycles. The molecular weight excluding hydrogens is 410 g/mol. The van der Waals surface area contributed by atoms with Gasteiger partial charge in [0.2, 0.25) is 5.91 Å². The molecule has 0 saturated carbocycles. The molecule has 162 valence electrons. The number of carbonyl (C=O) groups excluding carboxylic acids is 2. The SMILES string of the molecule is O=C1c2ccccc2CN1CC(=O)N(Cc1cccnc1)c1ccc(-c2ccccc2)cc1. The Morgan fingerprint density at radius 1 is 0.848 bits per heavy atom. The van der Waals surface area contributed by atoms with Crippen LogP contribution < -0.4 is 4.90 Å². The Morgan fingerprint density at radius 3 is 2.30 bits per heavy atom. The Morgan fingerprint density at radius 2 is 1.58 bits per heavy atom. The van der Waals surface area contributed by atoms with Gasteiger partial charge in [-0.2, -0.15) is 0 Å². The lowest BCUT2D eigenvalue weighted by molar-refractivity contribution is -0.119. The molecule has 0 spiro atoms. The van der Waals surface area contributed by atoms with E-state index in [1.807, 2.05) is 78.9 Å². The molecule has 1 aromatic heterocycles.